The topological polar surface area (TPSA) is 24.5 Å². The van der Waals surface area contributed by atoms with E-state index in [0.29, 0.717) is 12.1 Å². The molecule has 1 saturated carbocycles. The van der Waals surface area contributed by atoms with Crippen LogP contribution >= 0.6 is 0 Å². The van der Waals surface area contributed by atoms with E-state index in [2.05, 4.69) is 17.1 Å². The summed E-state index contributed by atoms with van der Waals surface area (Å²) in [6.45, 7) is 7.82. The van der Waals surface area contributed by atoms with Crippen LogP contribution in [-0.2, 0) is 4.74 Å². The number of ether oxygens (including phenoxy) is 1. The molecule has 0 spiro atoms. The van der Waals surface area contributed by atoms with E-state index in [4.69, 9.17) is 4.74 Å². The molecule has 2 aliphatic heterocycles. The molecule has 3 rings (SSSR count). The standard InChI is InChI=1S/C16H30N2O/c1-2-17-15-8-10-19-12-16(15)18-9-7-13-5-3-4-6-14(13)11-18/h13-17H,2-12H2,1H3. The van der Waals surface area contributed by atoms with Crippen LogP contribution in [0.25, 0.3) is 0 Å². The Hall–Kier alpha value is -0.120. The van der Waals surface area contributed by atoms with E-state index in [0.717, 1.165) is 31.6 Å². The minimum atomic E-state index is 0.622. The van der Waals surface area contributed by atoms with E-state index >= 15 is 0 Å². The third-order valence-electron chi connectivity index (χ3n) is 5.58. The van der Waals surface area contributed by atoms with Crippen LogP contribution in [0.1, 0.15) is 45.4 Å². The Morgan fingerprint density at radius 1 is 1.11 bits per heavy atom. The molecule has 4 unspecified atom stereocenters. The first-order valence-electron chi connectivity index (χ1n) is 8.43. The second-order valence-electron chi connectivity index (χ2n) is 6.68. The van der Waals surface area contributed by atoms with Crippen molar-refractivity contribution in [1.82, 2.24) is 10.2 Å². The van der Waals surface area contributed by atoms with Crippen molar-refractivity contribution in [1.29, 1.82) is 0 Å². The highest BCUT2D eigenvalue weighted by Crippen LogP contribution is 2.37. The Labute approximate surface area is 118 Å². The molecule has 3 aliphatic rings. The molecule has 3 fully saturated rings. The number of nitrogens with one attached hydrogen (secondary N) is 1. The van der Waals surface area contributed by atoms with E-state index in [9.17, 15) is 0 Å². The van der Waals surface area contributed by atoms with Crippen molar-refractivity contribution in [2.75, 3.05) is 32.8 Å². The highest BCUT2D eigenvalue weighted by Gasteiger charge is 2.37. The molecule has 2 heterocycles. The van der Waals surface area contributed by atoms with Gasteiger partial charge in [-0.25, -0.2) is 0 Å². The normalized spacial score (nSPS) is 40.9. The van der Waals surface area contributed by atoms with Crippen molar-refractivity contribution < 1.29 is 4.74 Å². The molecule has 110 valence electrons. The van der Waals surface area contributed by atoms with Gasteiger partial charge in [0, 0.05) is 25.2 Å². The van der Waals surface area contributed by atoms with Crippen molar-refractivity contribution in [2.45, 2.75) is 57.5 Å². The molecule has 1 aliphatic carbocycles. The van der Waals surface area contributed by atoms with Gasteiger partial charge in [0.25, 0.3) is 0 Å². The summed E-state index contributed by atoms with van der Waals surface area (Å²) in [5.74, 6) is 2.01. The predicted octanol–water partition coefficient (Wildman–Crippen LogP) is 2.27. The minimum absolute atomic E-state index is 0.622. The fourth-order valence-electron chi connectivity index (χ4n) is 4.51. The van der Waals surface area contributed by atoms with E-state index in [1.54, 1.807) is 0 Å². The van der Waals surface area contributed by atoms with Crippen LogP contribution in [-0.4, -0.2) is 49.8 Å². The molecule has 1 N–H and O–H groups in total. The summed E-state index contributed by atoms with van der Waals surface area (Å²) in [5.41, 5.74) is 0. The van der Waals surface area contributed by atoms with Gasteiger partial charge >= 0.3 is 0 Å². The van der Waals surface area contributed by atoms with Crippen molar-refractivity contribution in [3.63, 3.8) is 0 Å². The average Bonchev–Trinajstić information content (AvgIpc) is 2.48. The Morgan fingerprint density at radius 3 is 2.79 bits per heavy atom. The molecule has 3 heteroatoms. The number of likely N-dealkylation sites (tertiary alicyclic amines) is 1. The van der Waals surface area contributed by atoms with Crippen molar-refractivity contribution in [3.8, 4) is 0 Å². The van der Waals surface area contributed by atoms with Crippen LogP contribution in [0.4, 0.5) is 0 Å². The number of hydrogen-bond acceptors (Lipinski definition) is 3. The molecule has 2 saturated heterocycles. The van der Waals surface area contributed by atoms with E-state index < -0.39 is 0 Å². The third kappa shape index (κ3) is 3.14. The number of piperidine rings is 1. The third-order valence-corrected chi connectivity index (χ3v) is 5.58. The molecule has 0 aromatic heterocycles. The van der Waals surface area contributed by atoms with Gasteiger partial charge in [-0.05, 0) is 44.2 Å². The van der Waals surface area contributed by atoms with Gasteiger partial charge in [0.2, 0.25) is 0 Å². The van der Waals surface area contributed by atoms with Crippen molar-refractivity contribution in [3.05, 3.63) is 0 Å². The predicted molar refractivity (Wildman–Crippen MR) is 78.3 cm³/mol. The van der Waals surface area contributed by atoms with Crippen molar-refractivity contribution >= 4 is 0 Å². The molecule has 19 heavy (non-hydrogen) atoms. The molecule has 0 aromatic rings. The summed E-state index contributed by atoms with van der Waals surface area (Å²) in [4.78, 5) is 2.75. The van der Waals surface area contributed by atoms with Crippen LogP contribution in [0, 0.1) is 11.8 Å². The molecule has 0 radical (unpaired) electrons. The number of likely N-dealkylation sites (N-methyl/N-ethyl adjacent to an activating group) is 1. The first-order chi connectivity index (χ1) is 9.38. The molecule has 3 nitrogen and oxygen atoms in total. The molecule has 4 atom stereocenters. The lowest BCUT2D eigenvalue weighted by Gasteiger charge is -2.47. The molecular formula is C16H30N2O. The summed E-state index contributed by atoms with van der Waals surface area (Å²) in [6, 6.07) is 1.27. The lowest BCUT2D eigenvalue weighted by molar-refractivity contribution is -0.0322. The van der Waals surface area contributed by atoms with Gasteiger partial charge in [0.15, 0.2) is 0 Å². The van der Waals surface area contributed by atoms with Crippen LogP contribution in [0.15, 0.2) is 0 Å². The van der Waals surface area contributed by atoms with E-state index in [1.807, 2.05) is 0 Å². The Kier molecular flexibility index (Phi) is 4.78. The van der Waals surface area contributed by atoms with Crippen LogP contribution in [0.2, 0.25) is 0 Å². The first-order valence-corrected chi connectivity index (χ1v) is 8.43. The smallest absolute Gasteiger partial charge is 0.0637 e. The number of fused-ring (bicyclic) bond motifs is 1. The largest absolute Gasteiger partial charge is 0.380 e. The Bertz CT molecular complexity index is 282. The van der Waals surface area contributed by atoms with Gasteiger partial charge in [0.05, 0.1) is 6.61 Å². The molecular weight excluding hydrogens is 236 g/mol. The van der Waals surface area contributed by atoms with Gasteiger partial charge in [-0.2, -0.15) is 0 Å². The van der Waals surface area contributed by atoms with E-state index in [-0.39, 0.29) is 0 Å². The van der Waals surface area contributed by atoms with Gasteiger partial charge < -0.3 is 10.1 Å². The van der Waals surface area contributed by atoms with Gasteiger partial charge in [-0.3, -0.25) is 4.90 Å². The highest BCUT2D eigenvalue weighted by atomic mass is 16.5. The number of nitrogens with zero attached hydrogens (tertiary/aromatic N) is 1. The van der Waals surface area contributed by atoms with E-state index in [1.165, 1.54) is 51.6 Å². The lowest BCUT2D eigenvalue weighted by Crippen LogP contribution is -2.58. The fraction of sp³-hybridized carbons (Fsp3) is 1.00. The first kappa shape index (κ1) is 13.8. The maximum atomic E-state index is 5.77. The maximum Gasteiger partial charge on any atom is 0.0637 e. The zero-order chi connectivity index (χ0) is 13.1. The van der Waals surface area contributed by atoms with Crippen LogP contribution in [0.5, 0.6) is 0 Å². The quantitative estimate of drug-likeness (QED) is 0.848. The summed E-state index contributed by atoms with van der Waals surface area (Å²) in [6.07, 6.45) is 8.53. The fourth-order valence-corrected chi connectivity index (χ4v) is 4.51. The SMILES string of the molecule is CCNC1CCOCC1N1CCC2CCCCC2C1. The van der Waals surface area contributed by atoms with Gasteiger partial charge in [-0.15, -0.1) is 0 Å². The summed E-state index contributed by atoms with van der Waals surface area (Å²) < 4.78 is 5.77. The van der Waals surface area contributed by atoms with Gasteiger partial charge in [-0.1, -0.05) is 26.2 Å². The molecule has 0 aromatic carbocycles. The monoisotopic (exact) mass is 266 g/mol. The Morgan fingerprint density at radius 2 is 1.95 bits per heavy atom. The molecule has 0 amide bonds. The van der Waals surface area contributed by atoms with Crippen LogP contribution < -0.4 is 5.32 Å². The van der Waals surface area contributed by atoms with Crippen LogP contribution in [0.3, 0.4) is 0 Å². The number of hydrogen-bond donors (Lipinski definition) is 1. The van der Waals surface area contributed by atoms with Crippen molar-refractivity contribution in [2.24, 2.45) is 11.8 Å². The average molecular weight is 266 g/mol. The second-order valence-corrected chi connectivity index (χ2v) is 6.68. The highest BCUT2D eigenvalue weighted by molar-refractivity contribution is 4.92. The zero-order valence-corrected chi connectivity index (χ0v) is 12.4. The second kappa shape index (κ2) is 6.55. The minimum Gasteiger partial charge on any atom is -0.380 e. The maximum absolute atomic E-state index is 5.77. The summed E-state index contributed by atoms with van der Waals surface area (Å²) in [5, 5.41) is 3.68. The summed E-state index contributed by atoms with van der Waals surface area (Å²) in [7, 11) is 0. The lowest BCUT2D eigenvalue weighted by atomic mass is 9.74. The van der Waals surface area contributed by atoms with Gasteiger partial charge in [0.1, 0.15) is 0 Å². The summed E-state index contributed by atoms with van der Waals surface area (Å²) >= 11 is 0. The Balaban J connectivity index is 1.60. The molecule has 0 bridgehead atoms. The number of rotatable bonds is 3. The zero-order valence-electron chi connectivity index (χ0n) is 12.4.